The van der Waals surface area contributed by atoms with E-state index in [1.54, 1.807) is 6.92 Å². The number of ether oxygens (including phenoxy) is 1. The first-order chi connectivity index (χ1) is 11.6. The highest BCUT2D eigenvalue weighted by Crippen LogP contribution is 2.31. The first-order valence-electron chi connectivity index (χ1n) is 7.79. The minimum Gasteiger partial charge on any atom is -0.491 e. The van der Waals surface area contributed by atoms with Crippen LogP contribution < -0.4 is 10.1 Å². The van der Waals surface area contributed by atoms with Gasteiger partial charge < -0.3 is 15.0 Å². The number of nitrogens with one attached hydrogen (secondary N) is 2. The highest BCUT2D eigenvalue weighted by atomic mass is 16.5. The first kappa shape index (κ1) is 14.5. The average Bonchev–Trinajstić information content (AvgIpc) is 3.14. The number of rotatable bonds is 3. The Morgan fingerprint density at radius 3 is 2.75 bits per heavy atom. The van der Waals surface area contributed by atoms with E-state index in [0.717, 1.165) is 22.2 Å². The molecule has 0 spiro atoms. The van der Waals surface area contributed by atoms with E-state index in [1.807, 2.05) is 48.5 Å². The van der Waals surface area contributed by atoms with Crippen LogP contribution in [-0.4, -0.2) is 23.3 Å². The van der Waals surface area contributed by atoms with Gasteiger partial charge in [0.1, 0.15) is 12.4 Å². The Morgan fingerprint density at radius 2 is 1.88 bits per heavy atom. The van der Waals surface area contributed by atoms with Crippen LogP contribution in [0.3, 0.4) is 0 Å². The highest BCUT2D eigenvalue weighted by molar-refractivity contribution is 6.45. The van der Waals surface area contributed by atoms with Crippen LogP contribution in [0.15, 0.2) is 48.5 Å². The van der Waals surface area contributed by atoms with Crippen molar-refractivity contribution in [3.8, 4) is 5.75 Å². The van der Waals surface area contributed by atoms with E-state index in [4.69, 9.17) is 4.74 Å². The van der Waals surface area contributed by atoms with Gasteiger partial charge in [-0.1, -0.05) is 36.4 Å². The third-order valence-corrected chi connectivity index (χ3v) is 4.33. The standard InChI is InChI=1S/C19H16N2O3/c1-11-17(13-7-2-4-8-14(13)20-11)18(22)19(23)21-15-10-24-16-9-5-3-6-12(15)16/h2-9,15,20H,10H2,1H3,(H,21,23)/t15-/m1/s1. The summed E-state index contributed by atoms with van der Waals surface area (Å²) in [7, 11) is 0. The quantitative estimate of drug-likeness (QED) is 0.576. The van der Waals surface area contributed by atoms with Crippen LogP contribution in [0.25, 0.3) is 10.9 Å². The molecule has 0 bridgehead atoms. The molecule has 0 aliphatic carbocycles. The van der Waals surface area contributed by atoms with Gasteiger partial charge >= 0.3 is 0 Å². The van der Waals surface area contributed by atoms with Crippen LogP contribution in [0, 0.1) is 6.92 Å². The van der Waals surface area contributed by atoms with Crippen molar-refractivity contribution >= 4 is 22.6 Å². The molecule has 0 radical (unpaired) electrons. The van der Waals surface area contributed by atoms with Crippen LogP contribution in [-0.2, 0) is 4.79 Å². The van der Waals surface area contributed by atoms with Crippen molar-refractivity contribution in [3.05, 3.63) is 65.4 Å². The van der Waals surface area contributed by atoms with Crippen molar-refractivity contribution in [1.29, 1.82) is 0 Å². The van der Waals surface area contributed by atoms with Gasteiger partial charge in [-0.15, -0.1) is 0 Å². The lowest BCUT2D eigenvalue weighted by Gasteiger charge is -2.11. The van der Waals surface area contributed by atoms with Crippen LogP contribution in [0.1, 0.15) is 27.7 Å². The lowest BCUT2D eigenvalue weighted by atomic mass is 10.0. The number of fused-ring (bicyclic) bond motifs is 2. The number of aryl methyl sites for hydroxylation is 1. The Bertz CT molecular complexity index is 958. The van der Waals surface area contributed by atoms with E-state index in [0.29, 0.717) is 17.9 Å². The van der Waals surface area contributed by atoms with E-state index >= 15 is 0 Å². The molecule has 1 aromatic heterocycles. The molecule has 0 saturated heterocycles. The van der Waals surface area contributed by atoms with Gasteiger partial charge in [-0.2, -0.15) is 0 Å². The van der Waals surface area contributed by atoms with Gasteiger partial charge in [0, 0.05) is 22.2 Å². The number of benzene rings is 2. The number of H-pyrrole nitrogens is 1. The van der Waals surface area contributed by atoms with Crippen molar-refractivity contribution in [1.82, 2.24) is 10.3 Å². The van der Waals surface area contributed by atoms with Crippen molar-refractivity contribution in [3.63, 3.8) is 0 Å². The summed E-state index contributed by atoms with van der Waals surface area (Å²) in [6.07, 6.45) is 0. The normalized spacial score (nSPS) is 15.8. The van der Waals surface area contributed by atoms with E-state index in [1.165, 1.54) is 0 Å². The molecule has 1 atom stereocenters. The molecule has 2 heterocycles. The zero-order valence-electron chi connectivity index (χ0n) is 13.1. The second kappa shape index (κ2) is 5.53. The fourth-order valence-corrected chi connectivity index (χ4v) is 3.19. The van der Waals surface area contributed by atoms with E-state index in [-0.39, 0.29) is 6.04 Å². The Balaban J connectivity index is 1.61. The number of Topliss-reactive ketones (excluding diaryl/α,β-unsaturated/α-hetero) is 1. The van der Waals surface area contributed by atoms with Crippen molar-refractivity contribution in [2.75, 3.05) is 6.61 Å². The van der Waals surface area contributed by atoms with Gasteiger partial charge in [-0.05, 0) is 19.1 Å². The maximum absolute atomic E-state index is 12.7. The van der Waals surface area contributed by atoms with E-state index in [2.05, 4.69) is 10.3 Å². The maximum atomic E-state index is 12.7. The van der Waals surface area contributed by atoms with Crippen LogP contribution >= 0.6 is 0 Å². The molecule has 1 amide bonds. The molecule has 3 aromatic rings. The number of carbonyl (C=O) groups is 2. The van der Waals surface area contributed by atoms with Crippen molar-refractivity contribution in [2.24, 2.45) is 0 Å². The van der Waals surface area contributed by atoms with Gasteiger partial charge in [0.2, 0.25) is 0 Å². The van der Waals surface area contributed by atoms with Gasteiger partial charge in [-0.25, -0.2) is 0 Å². The summed E-state index contributed by atoms with van der Waals surface area (Å²) in [4.78, 5) is 28.3. The SMILES string of the molecule is Cc1[nH]c2ccccc2c1C(=O)C(=O)N[C@@H]1COc2ccccc21. The lowest BCUT2D eigenvalue weighted by molar-refractivity contribution is -0.117. The lowest BCUT2D eigenvalue weighted by Crippen LogP contribution is -2.35. The number of aromatic amines is 1. The predicted octanol–water partition coefficient (Wildman–Crippen LogP) is 2.91. The maximum Gasteiger partial charge on any atom is 0.293 e. The average molecular weight is 320 g/mol. The topological polar surface area (TPSA) is 71.2 Å². The molecule has 0 saturated carbocycles. The Hall–Kier alpha value is -3.08. The van der Waals surface area contributed by atoms with Crippen molar-refractivity contribution in [2.45, 2.75) is 13.0 Å². The van der Waals surface area contributed by atoms with E-state index < -0.39 is 11.7 Å². The smallest absolute Gasteiger partial charge is 0.293 e. The number of para-hydroxylation sites is 2. The number of ketones is 1. The Kier molecular flexibility index (Phi) is 3.34. The predicted molar refractivity (Wildman–Crippen MR) is 90.2 cm³/mol. The summed E-state index contributed by atoms with van der Waals surface area (Å²) in [6, 6.07) is 14.7. The third-order valence-electron chi connectivity index (χ3n) is 4.33. The van der Waals surface area contributed by atoms with Crippen LogP contribution in [0.4, 0.5) is 0 Å². The molecule has 120 valence electrons. The molecule has 2 aromatic carbocycles. The van der Waals surface area contributed by atoms with Crippen LogP contribution in [0.2, 0.25) is 0 Å². The fourth-order valence-electron chi connectivity index (χ4n) is 3.19. The van der Waals surface area contributed by atoms with Gasteiger partial charge in [0.25, 0.3) is 11.7 Å². The summed E-state index contributed by atoms with van der Waals surface area (Å²) in [5.41, 5.74) is 2.87. The Morgan fingerprint density at radius 1 is 1.12 bits per heavy atom. The number of aromatic nitrogens is 1. The molecule has 0 fully saturated rings. The molecule has 4 rings (SSSR count). The van der Waals surface area contributed by atoms with Gasteiger partial charge in [-0.3, -0.25) is 9.59 Å². The summed E-state index contributed by atoms with van der Waals surface area (Å²) >= 11 is 0. The minimum absolute atomic E-state index is 0.303. The number of amides is 1. The molecule has 1 aliphatic heterocycles. The second-order valence-corrected chi connectivity index (χ2v) is 5.87. The monoisotopic (exact) mass is 320 g/mol. The summed E-state index contributed by atoms with van der Waals surface area (Å²) < 4.78 is 5.54. The van der Waals surface area contributed by atoms with Gasteiger partial charge in [0.15, 0.2) is 0 Å². The molecule has 0 unspecified atom stereocenters. The zero-order chi connectivity index (χ0) is 16.7. The summed E-state index contributed by atoms with van der Waals surface area (Å²) in [5, 5.41) is 3.55. The van der Waals surface area contributed by atoms with E-state index in [9.17, 15) is 9.59 Å². The van der Waals surface area contributed by atoms with Crippen molar-refractivity contribution < 1.29 is 14.3 Å². The molecule has 1 aliphatic rings. The molecule has 24 heavy (non-hydrogen) atoms. The van der Waals surface area contributed by atoms with Gasteiger partial charge in [0.05, 0.1) is 11.6 Å². The fraction of sp³-hybridized carbons (Fsp3) is 0.158. The molecular formula is C19H16N2O3. The second-order valence-electron chi connectivity index (χ2n) is 5.87. The zero-order valence-corrected chi connectivity index (χ0v) is 13.1. The molecule has 5 nitrogen and oxygen atoms in total. The number of hydrogen-bond acceptors (Lipinski definition) is 3. The van der Waals surface area contributed by atoms with Crippen LogP contribution in [0.5, 0.6) is 5.75 Å². The summed E-state index contributed by atoms with van der Waals surface area (Å²) in [5.74, 6) is -0.402. The number of carbonyl (C=O) groups excluding carboxylic acids is 2. The Labute approximate surface area is 138 Å². The molecule has 5 heteroatoms. The third kappa shape index (κ3) is 2.25. The molecule has 2 N–H and O–H groups in total. The highest BCUT2D eigenvalue weighted by Gasteiger charge is 2.29. The largest absolute Gasteiger partial charge is 0.491 e. The number of hydrogen-bond donors (Lipinski definition) is 2. The minimum atomic E-state index is -0.617. The molecular weight excluding hydrogens is 304 g/mol. The summed E-state index contributed by atoms with van der Waals surface area (Å²) in [6.45, 7) is 2.14. The first-order valence-corrected chi connectivity index (χ1v) is 7.79.